The van der Waals surface area contributed by atoms with E-state index in [0.29, 0.717) is 5.92 Å². The summed E-state index contributed by atoms with van der Waals surface area (Å²) in [6, 6.07) is 5.95. The summed E-state index contributed by atoms with van der Waals surface area (Å²) in [5, 5.41) is 19.6. The van der Waals surface area contributed by atoms with Crippen LogP contribution < -0.4 is 5.32 Å². The van der Waals surface area contributed by atoms with Gasteiger partial charge >= 0.3 is 5.97 Å². The van der Waals surface area contributed by atoms with Crippen LogP contribution >= 0.6 is 22.9 Å². The van der Waals surface area contributed by atoms with Gasteiger partial charge in [0.05, 0.1) is 23.1 Å². The fourth-order valence-electron chi connectivity index (χ4n) is 2.84. The first-order chi connectivity index (χ1) is 11.1. The molecule has 1 saturated heterocycles. The number of aromatic amines is 1. The number of halogens is 1. The Hall–Kier alpha value is -1.57. The molecule has 1 aliphatic heterocycles. The standard InChI is InChI=1S/C15H19ClN4O2S/c16-13-2-1-11(23-13)8-17-14-7-12(18-19-14)10-3-5-20(6-4-10)9-15(21)22/h1-2,7,10H,3-6,8-9H2,(H,21,22)(H2,17,18,19). The Bertz CT molecular complexity index is 664. The van der Waals surface area contributed by atoms with Gasteiger partial charge in [0.25, 0.3) is 0 Å². The summed E-state index contributed by atoms with van der Waals surface area (Å²) < 4.78 is 0.792. The van der Waals surface area contributed by atoms with Gasteiger partial charge in [0, 0.05) is 16.9 Å². The molecule has 0 amide bonds. The molecule has 0 bridgehead atoms. The Kier molecular flexibility index (Phi) is 5.20. The van der Waals surface area contributed by atoms with Crippen LogP contribution in [0.25, 0.3) is 0 Å². The van der Waals surface area contributed by atoms with Gasteiger partial charge in [-0.3, -0.25) is 14.8 Å². The Morgan fingerprint density at radius 3 is 2.91 bits per heavy atom. The second-order valence-electron chi connectivity index (χ2n) is 5.71. The van der Waals surface area contributed by atoms with Gasteiger partial charge in [-0.15, -0.1) is 11.3 Å². The fraction of sp³-hybridized carbons (Fsp3) is 0.467. The van der Waals surface area contributed by atoms with E-state index in [-0.39, 0.29) is 6.54 Å². The maximum Gasteiger partial charge on any atom is 0.317 e. The molecule has 8 heteroatoms. The number of nitrogens with one attached hydrogen (secondary N) is 2. The van der Waals surface area contributed by atoms with Gasteiger partial charge in [-0.1, -0.05) is 11.6 Å². The number of H-pyrrole nitrogens is 1. The topological polar surface area (TPSA) is 81.2 Å². The predicted molar refractivity (Wildman–Crippen MR) is 91.3 cm³/mol. The molecule has 0 spiro atoms. The number of aromatic nitrogens is 2. The van der Waals surface area contributed by atoms with Crippen LogP contribution in [0.3, 0.4) is 0 Å². The number of piperidine rings is 1. The number of carboxylic acids is 1. The molecule has 3 heterocycles. The van der Waals surface area contributed by atoms with Gasteiger partial charge in [-0.05, 0) is 38.1 Å². The Balaban J connectivity index is 1.50. The van der Waals surface area contributed by atoms with E-state index in [2.05, 4.69) is 15.5 Å². The maximum absolute atomic E-state index is 10.7. The Morgan fingerprint density at radius 1 is 1.48 bits per heavy atom. The Morgan fingerprint density at radius 2 is 2.26 bits per heavy atom. The molecule has 1 aliphatic rings. The number of hydrogen-bond acceptors (Lipinski definition) is 5. The minimum atomic E-state index is -0.761. The molecule has 0 aliphatic carbocycles. The third-order valence-electron chi connectivity index (χ3n) is 4.04. The molecule has 0 aromatic carbocycles. The van der Waals surface area contributed by atoms with Gasteiger partial charge < -0.3 is 10.4 Å². The number of thiophene rings is 1. The van der Waals surface area contributed by atoms with Crippen molar-refractivity contribution in [2.24, 2.45) is 0 Å². The molecule has 124 valence electrons. The van der Waals surface area contributed by atoms with Gasteiger partial charge in [-0.25, -0.2) is 0 Å². The highest BCUT2D eigenvalue weighted by atomic mass is 35.5. The van der Waals surface area contributed by atoms with Gasteiger partial charge in [0.1, 0.15) is 5.82 Å². The normalized spacial score (nSPS) is 16.6. The molecule has 2 aromatic rings. The average molecular weight is 355 g/mol. The third kappa shape index (κ3) is 4.46. The van der Waals surface area contributed by atoms with E-state index in [9.17, 15) is 4.79 Å². The second kappa shape index (κ2) is 7.33. The number of hydrogen-bond donors (Lipinski definition) is 3. The summed E-state index contributed by atoms with van der Waals surface area (Å²) in [5.74, 6) is 0.531. The van der Waals surface area contributed by atoms with Gasteiger partial charge in [0.15, 0.2) is 0 Å². The molecule has 0 saturated carbocycles. The minimum Gasteiger partial charge on any atom is -0.480 e. The number of anilines is 1. The first-order valence-electron chi connectivity index (χ1n) is 7.57. The van der Waals surface area contributed by atoms with Crippen molar-refractivity contribution in [2.45, 2.75) is 25.3 Å². The molecule has 0 atom stereocenters. The van der Waals surface area contributed by atoms with Crippen LogP contribution in [-0.2, 0) is 11.3 Å². The molecule has 2 aromatic heterocycles. The number of carboxylic acid groups (broad SMARTS) is 1. The molecular formula is C15H19ClN4O2S. The van der Waals surface area contributed by atoms with Gasteiger partial charge in [0.2, 0.25) is 0 Å². The summed E-state index contributed by atoms with van der Waals surface area (Å²) in [5.41, 5.74) is 1.05. The van der Waals surface area contributed by atoms with Gasteiger partial charge in [-0.2, -0.15) is 5.10 Å². The van der Waals surface area contributed by atoms with Crippen molar-refractivity contribution in [3.8, 4) is 0 Å². The lowest BCUT2D eigenvalue weighted by atomic mass is 9.93. The molecule has 0 unspecified atom stereocenters. The van der Waals surface area contributed by atoms with Crippen LogP contribution in [0.5, 0.6) is 0 Å². The van der Waals surface area contributed by atoms with Crippen molar-refractivity contribution >= 4 is 34.7 Å². The zero-order valence-corrected chi connectivity index (χ0v) is 14.2. The predicted octanol–water partition coefficient (Wildman–Crippen LogP) is 3.00. The van der Waals surface area contributed by atoms with E-state index in [1.54, 1.807) is 11.3 Å². The first kappa shape index (κ1) is 16.3. The number of aliphatic carboxylic acids is 1. The molecule has 0 radical (unpaired) electrons. The fourth-order valence-corrected chi connectivity index (χ4v) is 3.87. The highest BCUT2D eigenvalue weighted by molar-refractivity contribution is 7.16. The van der Waals surface area contributed by atoms with Crippen molar-refractivity contribution in [3.05, 3.63) is 33.1 Å². The average Bonchev–Trinajstić information content (AvgIpc) is 3.14. The molecule has 3 rings (SSSR count). The molecule has 3 N–H and O–H groups in total. The van der Waals surface area contributed by atoms with Crippen molar-refractivity contribution < 1.29 is 9.90 Å². The lowest BCUT2D eigenvalue weighted by Crippen LogP contribution is -2.36. The zero-order valence-electron chi connectivity index (χ0n) is 12.6. The van der Waals surface area contributed by atoms with E-state index in [1.807, 2.05) is 23.1 Å². The van der Waals surface area contributed by atoms with E-state index >= 15 is 0 Å². The molecule has 1 fully saturated rings. The summed E-state index contributed by atoms with van der Waals surface area (Å²) in [6.45, 7) is 2.46. The molecular weight excluding hydrogens is 336 g/mol. The number of likely N-dealkylation sites (tertiary alicyclic amines) is 1. The molecule has 6 nitrogen and oxygen atoms in total. The van der Waals surface area contributed by atoms with Crippen LogP contribution in [0.15, 0.2) is 18.2 Å². The van der Waals surface area contributed by atoms with Crippen LogP contribution in [0.2, 0.25) is 4.34 Å². The largest absolute Gasteiger partial charge is 0.480 e. The summed E-state index contributed by atoms with van der Waals surface area (Å²) >= 11 is 7.48. The maximum atomic E-state index is 10.7. The first-order valence-corrected chi connectivity index (χ1v) is 8.77. The molecule has 23 heavy (non-hydrogen) atoms. The van der Waals surface area contributed by atoms with Crippen LogP contribution in [0, 0.1) is 0 Å². The third-order valence-corrected chi connectivity index (χ3v) is 5.28. The summed E-state index contributed by atoms with van der Waals surface area (Å²) in [4.78, 5) is 13.9. The van der Waals surface area contributed by atoms with Crippen molar-refractivity contribution in [2.75, 3.05) is 25.0 Å². The van der Waals surface area contributed by atoms with E-state index < -0.39 is 5.97 Å². The van der Waals surface area contributed by atoms with E-state index in [0.717, 1.165) is 48.3 Å². The quantitative estimate of drug-likeness (QED) is 0.743. The van der Waals surface area contributed by atoms with E-state index in [1.165, 1.54) is 4.88 Å². The van der Waals surface area contributed by atoms with Crippen LogP contribution in [-0.4, -0.2) is 45.8 Å². The number of carbonyl (C=O) groups is 1. The van der Waals surface area contributed by atoms with E-state index in [4.69, 9.17) is 16.7 Å². The highest BCUT2D eigenvalue weighted by Gasteiger charge is 2.23. The lowest BCUT2D eigenvalue weighted by Gasteiger charge is -2.29. The van der Waals surface area contributed by atoms with Crippen LogP contribution in [0.1, 0.15) is 29.3 Å². The summed E-state index contributed by atoms with van der Waals surface area (Å²) in [6.07, 6.45) is 1.89. The SMILES string of the molecule is O=C(O)CN1CCC(c2cc(NCc3ccc(Cl)s3)[nH]n2)CC1. The lowest BCUT2D eigenvalue weighted by molar-refractivity contribution is -0.138. The summed E-state index contributed by atoms with van der Waals surface area (Å²) in [7, 11) is 0. The monoisotopic (exact) mass is 354 g/mol. The number of rotatable bonds is 6. The minimum absolute atomic E-state index is 0.128. The second-order valence-corrected chi connectivity index (χ2v) is 7.51. The Labute approximate surface area is 143 Å². The zero-order chi connectivity index (χ0) is 16.2. The van der Waals surface area contributed by atoms with Crippen molar-refractivity contribution in [1.29, 1.82) is 0 Å². The number of nitrogens with zero attached hydrogens (tertiary/aromatic N) is 2. The smallest absolute Gasteiger partial charge is 0.317 e. The van der Waals surface area contributed by atoms with Crippen molar-refractivity contribution in [1.82, 2.24) is 15.1 Å². The van der Waals surface area contributed by atoms with Crippen LogP contribution in [0.4, 0.5) is 5.82 Å². The highest BCUT2D eigenvalue weighted by Crippen LogP contribution is 2.28. The van der Waals surface area contributed by atoms with Crippen molar-refractivity contribution in [3.63, 3.8) is 0 Å².